The van der Waals surface area contributed by atoms with Crippen LogP contribution in [-0.4, -0.2) is 31.6 Å². The van der Waals surface area contributed by atoms with E-state index >= 15 is 0 Å². The third-order valence-electron chi connectivity index (χ3n) is 3.25. The zero-order valence-corrected chi connectivity index (χ0v) is 9.05. The number of hydrogen-bond acceptors (Lipinski definition) is 3. The van der Waals surface area contributed by atoms with Crippen molar-refractivity contribution in [2.45, 2.75) is 50.8 Å². The molecule has 0 aromatic carbocycles. The van der Waals surface area contributed by atoms with E-state index in [0.717, 1.165) is 39.1 Å². The molecule has 14 heavy (non-hydrogen) atoms. The van der Waals surface area contributed by atoms with E-state index in [0.29, 0.717) is 6.04 Å². The van der Waals surface area contributed by atoms with Crippen molar-refractivity contribution in [3.63, 3.8) is 0 Å². The molecule has 3 heteroatoms. The lowest BCUT2D eigenvalue weighted by Gasteiger charge is -2.44. The van der Waals surface area contributed by atoms with Crippen LogP contribution in [0.3, 0.4) is 0 Å². The Bertz CT molecular complexity index is 171. The summed E-state index contributed by atoms with van der Waals surface area (Å²) in [5.41, 5.74) is -0.0453. The summed E-state index contributed by atoms with van der Waals surface area (Å²) >= 11 is 0. The predicted octanol–water partition coefficient (Wildman–Crippen LogP) is 1.67. The molecule has 2 saturated heterocycles. The van der Waals surface area contributed by atoms with Gasteiger partial charge in [0, 0.05) is 18.9 Å². The molecule has 0 radical (unpaired) electrons. The molecule has 2 fully saturated rings. The number of hydrogen-bond donors (Lipinski definition) is 1. The number of nitrogens with one attached hydrogen (secondary N) is 1. The number of ether oxygens (including phenoxy) is 2. The van der Waals surface area contributed by atoms with Crippen molar-refractivity contribution in [1.82, 2.24) is 5.32 Å². The van der Waals surface area contributed by atoms with Crippen LogP contribution in [0.15, 0.2) is 0 Å². The van der Waals surface area contributed by atoms with Crippen molar-refractivity contribution in [1.29, 1.82) is 0 Å². The third-order valence-corrected chi connectivity index (χ3v) is 3.25. The molecule has 0 bridgehead atoms. The van der Waals surface area contributed by atoms with E-state index in [9.17, 15) is 0 Å². The van der Waals surface area contributed by atoms with E-state index in [1.54, 1.807) is 0 Å². The molecule has 82 valence electrons. The fourth-order valence-corrected chi connectivity index (χ4v) is 2.44. The van der Waals surface area contributed by atoms with Crippen molar-refractivity contribution in [2.75, 3.05) is 19.8 Å². The van der Waals surface area contributed by atoms with Crippen LogP contribution in [0.25, 0.3) is 0 Å². The summed E-state index contributed by atoms with van der Waals surface area (Å²) in [6.07, 6.45) is 5.70. The lowest BCUT2D eigenvalue weighted by Crippen LogP contribution is -2.58. The Hall–Kier alpha value is -0.120. The van der Waals surface area contributed by atoms with Gasteiger partial charge in [-0.05, 0) is 12.8 Å². The van der Waals surface area contributed by atoms with Crippen molar-refractivity contribution < 1.29 is 9.47 Å². The second kappa shape index (κ2) is 4.60. The first kappa shape index (κ1) is 10.4. The lowest BCUT2D eigenvalue weighted by molar-refractivity contribution is -0.159. The topological polar surface area (TPSA) is 30.5 Å². The summed E-state index contributed by atoms with van der Waals surface area (Å²) in [5, 5.41) is 3.67. The molecule has 0 amide bonds. The SMILES string of the molecule is CCCC1CCOC2(CCOCC2)N1. The molecular weight excluding hydrogens is 178 g/mol. The maximum Gasteiger partial charge on any atom is 0.123 e. The molecule has 0 aromatic heterocycles. The first-order chi connectivity index (χ1) is 6.85. The highest BCUT2D eigenvalue weighted by atomic mass is 16.5. The van der Waals surface area contributed by atoms with Crippen LogP contribution >= 0.6 is 0 Å². The van der Waals surface area contributed by atoms with Gasteiger partial charge in [-0.3, -0.25) is 5.32 Å². The standard InChI is InChI=1S/C11H21NO2/c1-2-3-10-4-7-14-11(12-10)5-8-13-9-6-11/h10,12H,2-9H2,1H3. The van der Waals surface area contributed by atoms with Crippen molar-refractivity contribution in [2.24, 2.45) is 0 Å². The third kappa shape index (κ3) is 2.27. The van der Waals surface area contributed by atoms with Gasteiger partial charge in [-0.25, -0.2) is 0 Å². The van der Waals surface area contributed by atoms with Crippen molar-refractivity contribution >= 4 is 0 Å². The Morgan fingerprint density at radius 3 is 2.79 bits per heavy atom. The minimum atomic E-state index is -0.0453. The summed E-state index contributed by atoms with van der Waals surface area (Å²) in [6, 6.07) is 0.659. The van der Waals surface area contributed by atoms with E-state index in [1.807, 2.05) is 0 Å². The smallest absolute Gasteiger partial charge is 0.123 e. The highest BCUT2D eigenvalue weighted by Crippen LogP contribution is 2.27. The van der Waals surface area contributed by atoms with E-state index < -0.39 is 0 Å². The molecule has 0 aliphatic carbocycles. The Morgan fingerprint density at radius 2 is 2.07 bits per heavy atom. The molecule has 2 rings (SSSR count). The van der Waals surface area contributed by atoms with Gasteiger partial charge in [0.1, 0.15) is 5.72 Å². The molecule has 1 spiro atoms. The fourth-order valence-electron chi connectivity index (χ4n) is 2.44. The second-order valence-corrected chi connectivity index (χ2v) is 4.37. The monoisotopic (exact) mass is 199 g/mol. The zero-order chi connectivity index (χ0) is 9.86. The molecular formula is C11H21NO2. The van der Waals surface area contributed by atoms with Crippen LogP contribution < -0.4 is 5.32 Å². The van der Waals surface area contributed by atoms with Gasteiger partial charge in [0.2, 0.25) is 0 Å². The van der Waals surface area contributed by atoms with Crippen LogP contribution in [0, 0.1) is 0 Å². The summed E-state index contributed by atoms with van der Waals surface area (Å²) in [4.78, 5) is 0. The Balaban J connectivity index is 1.91. The number of rotatable bonds is 2. The van der Waals surface area contributed by atoms with Crippen LogP contribution in [-0.2, 0) is 9.47 Å². The van der Waals surface area contributed by atoms with Crippen molar-refractivity contribution in [3.05, 3.63) is 0 Å². The average Bonchev–Trinajstić information content (AvgIpc) is 2.19. The predicted molar refractivity (Wildman–Crippen MR) is 55.2 cm³/mol. The Labute approximate surface area is 86.2 Å². The second-order valence-electron chi connectivity index (χ2n) is 4.37. The van der Waals surface area contributed by atoms with Crippen molar-refractivity contribution in [3.8, 4) is 0 Å². The molecule has 0 saturated carbocycles. The molecule has 1 atom stereocenters. The summed E-state index contributed by atoms with van der Waals surface area (Å²) in [7, 11) is 0. The van der Waals surface area contributed by atoms with Crippen LogP contribution in [0.1, 0.15) is 39.0 Å². The largest absolute Gasteiger partial charge is 0.381 e. The zero-order valence-electron chi connectivity index (χ0n) is 9.05. The van der Waals surface area contributed by atoms with E-state index in [4.69, 9.17) is 9.47 Å². The van der Waals surface area contributed by atoms with Gasteiger partial charge >= 0.3 is 0 Å². The molecule has 1 unspecified atom stereocenters. The van der Waals surface area contributed by atoms with Gasteiger partial charge in [-0.15, -0.1) is 0 Å². The van der Waals surface area contributed by atoms with Crippen LogP contribution in [0.2, 0.25) is 0 Å². The lowest BCUT2D eigenvalue weighted by atomic mass is 9.97. The maximum atomic E-state index is 5.89. The Kier molecular flexibility index (Phi) is 3.42. The molecule has 0 aromatic rings. The average molecular weight is 199 g/mol. The summed E-state index contributed by atoms with van der Waals surface area (Å²) < 4.78 is 11.3. The maximum absolute atomic E-state index is 5.89. The van der Waals surface area contributed by atoms with E-state index in [1.165, 1.54) is 12.8 Å². The molecule has 2 aliphatic heterocycles. The van der Waals surface area contributed by atoms with E-state index in [2.05, 4.69) is 12.2 Å². The molecule has 1 N–H and O–H groups in total. The summed E-state index contributed by atoms with van der Waals surface area (Å²) in [5.74, 6) is 0. The highest BCUT2D eigenvalue weighted by Gasteiger charge is 2.37. The van der Waals surface area contributed by atoms with E-state index in [-0.39, 0.29) is 5.72 Å². The van der Waals surface area contributed by atoms with Gasteiger partial charge in [0.15, 0.2) is 0 Å². The van der Waals surface area contributed by atoms with Gasteiger partial charge in [-0.2, -0.15) is 0 Å². The minimum absolute atomic E-state index is 0.0453. The highest BCUT2D eigenvalue weighted by molar-refractivity contribution is 4.88. The van der Waals surface area contributed by atoms with Gasteiger partial charge in [0.25, 0.3) is 0 Å². The van der Waals surface area contributed by atoms with Gasteiger partial charge < -0.3 is 9.47 Å². The van der Waals surface area contributed by atoms with Crippen LogP contribution in [0.5, 0.6) is 0 Å². The van der Waals surface area contributed by atoms with Gasteiger partial charge in [0.05, 0.1) is 19.8 Å². The normalized spacial score (nSPS) is 31.9. The molecule has 3 nitrogen and oxygen atoms in total. The minimum Gasteiger partial charge on any atom is -0.381 e. The van der Waals surface area contributed by atoms with Crippen LogP contribution in [0.4, 0.5) is 0 Å². The quantitative estimate of drug-likeness (QED) is 0.734. The fraction of sp³-hybridized carbons (Fsp3) is 1.00. The molecule has 2 aliphatic rings. The first-order valence-electron chi connectivity index (χ1n) is 5.84. The van der Waals surface area contributed by atoms with Gasteiger partial charge in [-0.1, -0.05) is 13.3 Å². The molecule has 2 heterocycles. The first-order valence-corrected chi connectivity index (χ1v) is 5.84. The summed E-state index contributed by atoms with van der Waals surface area (Å²) in [6.45, 7) is 4.84. The Morgan fingerprint density at radius 1 is 1.29 bits per heavy atom.